The Hall–Kier alpha value is -1.95. The molecule has 2 N–H and O–H groups in total. The topological polar surface area (TPSA) is 74.4 Å². The highest BCUT2D eigenvalue weighted by Gasteiger charge is 2.08. The van der Waals surface area contributed by atoms with Gasteiger partial charge in [0.25, 0.3) is 5.56 Å². The lowest BCUT2D eigenvalue weighted by atomic mass is 10.1. The van der Waals surface area contributed by atoms with Crippen LogP contribution in [0, 0.1) is 0 Å². The Labute approximate surface area is 94.1 Å². The summed E-state index contributed by atoms with van der Waals surface area (Å²) in [4.78, 5) is 11.4. The van der Waals surface area contributed by atoms with Crippen LogP contribution >= 0.6 is 11.3 Å². The molecule has 16 heavy (non-hydrogen) atoms. The van der Waals surface area contributed by atoms with Crippen LogP contribution in [-0.2, 0) is 6.42 Å². The van der Waals surface area contributed by atoms with Gasteiger partial charge in [0.1, 0.15) is 0 Å². The maximum Gasteiger partial charge on any atom is 0.273 e. The molecule has 0 amide bonds. The van der Waals surface area contributed by atoms with Crippen LogP contribution in [0.4, 0.5) is 0 Å². The van der Waals surface area contributed by atoms with Crippen LogP contribution in [0.1, 0.15) is 11.3 Å². The third kappa shape index (κ3) is 1.43. The van der Waals surface area contributed by atoms with Crippen LogP contribution in [0.15, 0.2) is 27.8 Å². The summed E-state index contributed by atoms with van der Waals surface area (Å²) < 4.78 is 0. The lowest BCUT2D eigenvalue weighted by Crippen LogP contribution is -1.99. The van der Waals surface area contributed by atoms with Crippen molar-refractivity contribution in [2.45, 2.75) is 6.42 Å². The van der Waals surface area contributed by atoms with Gasteiger partial charge >= 0.3 is 0 Å². The van der Waals surface area contributed by atoms with Crippen LogP contribution in [0.25, 0.3) is 10.9 Å². The molecule has 0 atom stereocenters. The van der Waals surface area contributed by atoms with E-state index in [1.165, 1.54) is 11.8 Å². The van der Waals surface area contributed by atoms with Crippen LogP contribution in [0.2, 0.25) is 0 Å². The Kier molecular flexibility index (Phi) is 2.07. The van der Waals surface area contributed by atoms with E-state index in [9.17, 15) is 4.79 Å². The van der Waals surface area contributed by atoms with Gasteiger partial charge in [-0.25, -0.2) is 0 Å². The number of hydrogen-bond acceptors (Lipinski definition) is 4. The minimum atomic E-state index is -0.156. The summed E-state index contributed by atoms with van der Waals surface area (Å²) in [5.74, 6) is 0. The van der Waals surface area contributed by atoms with Gasteiger partial charge in [0, 0.05) is 6.42 Å². The summed E-state index contributed by atoms with van der Waals surface area (Å²) in [6.07, 6.45) is 2.16. The van der Waals surface area contributed by atoms with Crippen molar-refractivity contribution in [2.75, 3.05) is 0 Å². The third-order valence-electron chi connectivity index (χ3n) is 2.42. The zero-order chi connectivity index (χ0) is 11.0. The maximum atomic E-state index is 11.4. The van der Waals surface area contributed by atoms with Crippen LogP contribution in [-0.4, -0.2) is 20.4 Å². The van der Waals surface area contributed by atoms with Gasteiger partial charge in [-0.2, -0.15) is 21.5 Å². The highest BCUT2D eigenvalue weighted by atomic mass is 32.1. The van der Waals surface area contributed by atoms with Crippen molar-refractivity contribution in [3.63, 3.8) is 0 Å². The molecule has 3 heterocycles. The second-order valence-electron chi connectivity index (χ2n) is 3.47. The monoisotopic (exact) mass is 232 g/mol. The predicted molar refractivity (Wildman–Crippen MR) is 61.6 cm³/mol. The van der Waals surface area contributed by atoms with Gasteiger partial charge in [0.15, 0.2) is 0 Å². The zero-order valence-corrected chi connectivity index (χ0v) is 9.04. The summed E-state index contributed by atoms with van der Waals surface area (Å²) >= 11 is 1.64. The van der Waals surface area contributed by atoms with E-state index in [1.54, 1.807) is 11.3 Å². The number of aromatic amines is 2. The van der Waals surface area contributed by atoms with Gasteiger partial charge in [0.2, 0.25) is 0 Å². The third-order valence-corrected chi connectivity index (χ3v) is 3.15. The molecule has 80 valence electrons. The number of thiophene rings is 1. The number of nitrogens with one attached hydrogen (secondary N) is 2. The largest absolute Gasteiger partial charge is 0.296 e. The highest BCUT2D eigenvalue weighted by molar-refractivity contribution is 7.07. The number of hydrogen-bond donors (Lipinski definition) is 2. The molecule has 0 radical (unpaired) electrons. The van der Waals surface area contributed by atoms with Crippen molar-refractivity contribution >= 4 is 22.2 Å². The number of rotatable bonds is 2. The fourth-order valence-corrected chi connectivity index (χ4v) is 2.30. The molecule has 6 heteroatoms. The normalized spacial score (nSPS) is 11.0. The van der Waals surface area contributed by atoms with E-state index < -0.39 is 0 Å². The minimum absolute atomic E-state index is 0.156. The van der Waals surface area contributed by atoms with Gasteiger partial charge in [-0.1, -0.05) is 0 Å². The van der Waals surface area contributed by atoms with Gasteiger partial charge < -0.3 is 0 Å². The van der Waals surface area contributed by atoms with E-state index >= 15 is 0 Å². The van der Waals surface area contributed by atoms with E-state index in [-0.39, 0.29) is 5.56 Å². The average Bonchev–Trinajstić information content (AvgIpc) is 2.90. The van der Waals surface area contributed by atoms with Crippen LogP contribution in [0.5, 0.6) is 0 Å². The Bertz CT molecular complexity index is 668. The number of nitrogens with zero attached hydrogens (tertiary/aromatic N) is 2. The first-order valence-corrected chi connectivity index (χ1v) is 5.71. The summed E-state index contributed by atoms with van der Waals surface area (Å²) in [6, 6.07) is 2.04. The van der Waals surface area contributed by atoms with Crippen molar-refractivity contribution in [1.82, 2.24) is 20.4 Å². The first-order valence-electron chi connectivity index (χ1n) is 4.76. The molecular formula is C10H8N4OS. The lowest BCUT2D eigenvalue weighted by molar-refractivity contribution is 0.951. The first kappa shape index (κ1) is 9.29. The summed E-state index contributed by atoms with van der Waals surface area (Å²) in [7, 11) is 0. The molecular weight excluding hydrogens is 224 g/mol. The van der Waals surface area contributed by atoms with Crippen molar-refractivity contribution in [3.05, 3.63) is 44.6 Å². The van der Waals surface area contributed by atoms with Gasteiger partial charge in [-0.15, -0.1) is 0 Å². The van der Waals surface area contributed by atoms with Crippen molar-refractivity contribution in [1.29, 1.82) is 0 Å². The fourth-order valence-electron chi connectivity index (χ4n) is 1.63. The highest BCUT2D eigenvalue weighted by Crippen LogP contribution is 2.15. The molecule has 0 saturated heterocycles. The number of fused-ring (bicyclic) bond motifs is 1. The van der Waals surface area contributed by atoms with Crippen LogP contribution < -0.4 is 5.56 Å². The standard InChI is InChI=1S/C10H8N4OS/c15-10-7-4-11-12-8(9(7)13-14-10)3-6-1-2-16-5-6/h1-2,4-5H,3H2,(H2,13,14,15). The molecule has 0 aliphatic heterocycles. The van der Waals surface area contributed by atoms with Gasteiger partial charge in [-0.3, -0.25) is 15.0 Å². The predicted octanol–water partition coefficient (Wildman–Crippen LogP) is 1.30. The van der Waals surface area contributed by atoms with E-state index in [0.717, 1.165) is 11.2 Å². The van der Waals surface area contributed by atoms with E-state index in [1.807, 2.05) is 11.4 Å². The summed E-state index contributed by atoms with van der Waals surface area (Å²) in [6.45, 7) is 0. The second-order valence-corrected chi connectivity index (χ2v) is 4.25. The minimum Gasteiger partial charge on any atom is -0.296 e. The molecule has 0 aliphatic carbocycles. The van der Waals surface area contributed by atoms with E-state index in [0.29, 0.717) is 11.8 Å². The Morgan fingerprint density at radius 2 is 2.31 bits per heavy atom. The SMILES string of the molecule is O=c1[nH][nH]c2c(Cc3ccsc3)nncc12. The second kappa shape index (κ2) is 3.57. The molecule has 0 spiro atoms. The lowest BCUT2D eigenvalue weighted by Gasteiger charge is -1.97. The number of H-pyrrole nitrogens is 2. The number of aromatic nitrogens is 4. The average molecular weight is 232 g/mol. The van der Waals surface area contributed by atoms with Crippen molar-refractivity contribution < 1.29 is 0 Å². The first-order chi connectivity index (χ1) is 7.84. The molecule has 0 fully saturated rings. The molecule has 5 nitrogen and oxygen atoms in total. The zero-order valence-electron chi connectivity index (χ0n) is 8.23. The fraction of sp³-hybridized carbons (Fsp3) is 0.100. The summed E-state index contributed by atoms with van der Waals surface area (Å²) in [5.41, 5.74) is 2.55. The molecule has 3 rings (SSSR count). The molecule has 0 aromatic carbocycles. The molecule has 0 aliphatic rings. The summed E-state index contributed by atoms with van der Waals surface area (Å²) in [5, 5.41) is 17.9. The maximum absolute atomic E-state index is 11.4. The van der Waals surface area contributed by atoms with Crippen molar-refractivity contribution in [2.24, 2.45) is 0 Å². The van der Waals surface area contributed by atoms with Gasteiger partial charge in [0.05, 0.1) is 22.8 Å². The Balaban J connectivity index is 2.13. The van der Waals surface area contributed by atoms with E-state index in [2.05, 4.69) is 25.8 Å². The molecule has 0 bridgehead atoms. The Morgan fingerprint density at radius 1 is 1.38 bits per heavy atom. The van der Waals surface area contributed by atoms with Gasteiger partial charge in [-0.05, 0) is 22.4 Å². The van der Waals surface area contributed by atoms with Crippen molar-refractivity contribution in [3.8, 4) is 0 Å². The van der Waals surface area contributed by atoms with Crippen LogP contribution in [0.3, 0.4) is 0 Å². The van der Waals surface area contributed by atoms with E-state index in [4.69, 9.17) is 0 Å². The smallest absolute Gasteiger partial charge is 0.273 e. The molecule has 0 unspecified atom stereocenters. The molecule has 3 aromatic heterocycles. The molecule has 0 saturated carbocycles. The quantitative estimate of drug-likeness (QED) is 0.699. The Morgan fingerprint density at radius 3 is 3.12 bits per heavy atom. The molecule has 3 aromatic rings.